The van der Waals surface area contributed by atoms with Gasteiger partial charge in [-0.15, -0.1) is 0 Å². The van der Waals surface area contributed by atoms with Crippen molar-refractivity contribution < 1.29 is 28.5 Å². The van der Waals surface area contributed by atoms with E-state index in [0.29, 0.717) is 29.0 Å². The standard InChI is InChI=1S/C19H19NO4.C11H17NO2/c1-12(10-13-8-9-16(23-2)17(11-13)24-3)20-18(21)14-6-4-5-7-15(14)19(20)22;1-8(12)6-9-4-5-10(13-2)11(7-9)14-3/h4-9,11-12H,10H2,1-3H3;4-5,7-8H,6,12H2,1-3H3. The summed E-state index contributed by atoms with van der Waals surface area (Å²) in [5, 5.41) is 0. The lowest BCUT2D eigenvalue weighted by molar-refractivity contribution is 0.0596. The fourth-order valence-corrected chi connectivity index (χ4v) is 4.43. The fourth-order valence-electron chi connectivity index (χ4n) is 4.43. The first-order valence-electron chi connectivity index (χ1n) is 12.4. The zero-order valence-corrected chi connectivity index (χ0v) is 22.8. The van der Waals surface area contributed by atoms with Gasteiger partial charge in [-0.2, -0.15) is 0 Å². The van der Waals surface area contributed by atoms with Crippen molar-refractivity contribution in [2.75, 3.05) is 28.4 Å². The molecule has 2 amide bonds. The highest BCUT2D eigenvalue weighted by Gasteiger charge is 2.38. The molecular formula is C30H36N2O6. The van der Waals surface area contributed by atoms with E-state index in [-0.39, 0.29) is 23.9 Å². The topological polar surface area (TPSA) is 100 Å². The SMILES string of the molecule is COc1ccc(CC(C)N)cc1OC.COc1ccc(CC(C)N2C(=O)c3ccccc3C2=O)cc1OC. The molecule has 1 aliphatic rings. The van der Waals surface area contributed by atoms with Gasteiger partial charge in [0.15, 0.2) is 23.0 Å². The number of nitrogens with two attached hydrogens (primary N) is 1. The Kier molecular flexibility index (Phi) is 9.73. The highest BCUT2D eigenvalue weighted by Crippen LogP contribution is 2.30. The van der Waals surface area contributed by atoms with Gasteiger partial charge in [0.1, 0.15) is 0 Å². The number of fused-ring (bicyclic) bond motifs is 1. The molecule has 2 atom stereocenters. The van der Waals surface area contributed by atoms with E-state index in [9.17, 15) is 9.59 Å². The zero-order chi connectivity index (χ0) is 27.8. The van der Waals surface area contributed by atoms with Crippen LogP contribution in [0.1, 0.15) is 45.7 Å². The maximum atomic E-state index is 12.5. The molecule has 0 spiro atoms. The average Bonchev–Trinajstić information content (AvgIpc) is 3.18. The quantitative estimate of drug-likeness (QED) is 0.414. The van der Waals surface area contributed by atoms with Crippen LogP contribution in [0.5, 0.6) is 23.0 Å². The average molecular weight is 521 g/mol. The Morgan fingerprint density at radius 2 is 1.08 bits per heavy atom. The van der Waals surface area contributed by atoms with Gasteiger partial charge in [-0.25, -0.2) is 0 Å². The molecule has 0 aliphatic carbocycles. The summed E-state index contributed by atoms with van der Waals surface area (Å²) in [6.45, 7) is 3.86. The molecule has 38 heavy (non-hydrogen) atoms. The van der Waals surface area contributed by atoms with Crippen molar-refractivity contribution in [2.24, 2.45) is 5.73 Å². The summed E-state index contributed by atoms with van der Waals surface area (Å²) >= 11 is 0. The largest absolute Gasteiger partial charge is 0.493 e. The number of nitrogens with zero attached hydrogens (tertiary/aromatic N) is 1. The second kappa shape index (κ2) is 13.0. The van der Waals surface area contributed by atoms with Gasteiger partial charge in [0.05, 0.1) is 39.6 Å². The molecule has 2 N–H and O–H groups in total. The van der Waals surface area contributed by atoms with E-state index in [4.69, 9.17) is 24.7 Å². The van der Waals surface area contributed by atoms with Crippen molar-refractivity contribution >= 4 is 11.8 Å². The number of imide groups is 1. The van der Waals surface area contributed by atoms with Gasteiger partial charge in [-0.3, -0.25) is 14.5 Å². The van der Waals surface area contributed by atoms with E-state index < -0.39 is 0 Å². The molecule has 0 saturated heterocycles. The van der Waals surface area contributed by atoms with Gasteiger partial charge in [0.2, 0.25) is 0 Å². The van der Waals surface area contributed by atoms with Crippen molar-refractivity contribution in [1.29, 1.82) is 0 Å². The van der Waals surface area contributed by atoms with E-state index in [2.05, 4.69) is 0 Å². The Hall–Kier alpha value is -4.04. The van der Waals surface area contributed by atoms with Crippen molar-refractivity contribution in [2.45, 2.75) is 38.8 Å². The van der Waals surface area contributed by atoms with Crippen LogP contribution >= 0.6 is 0 Å². The normalized spacial score (nSPS) is 13.7. The molecule has 0 radical (unpaired) electrons. The predicted molar refractivity (Wildman–Crippen MR) is 147 cm³/mol. The summed E-state index contributed by atoms with van der Waals surface area (Å²) in [5.41, 5.74) is 8.80. The minimum absolute atomic E-state index is 0.160. The summed E-state index contributed by atoms with van der Waals surface area (Å²) < 4.78 is 20.9. The van der Waals surface area contributed by atoms with Crippen molar-refractivity contribution in [3.63, 3.8) is 0 Å². The van der Waals surface area contributed by atoms with Gasteiger partial charge in [0.25, 0.3) is 11.8 Å². The molecule has 8 heteroatoms. The third-order valence-electron chi connectivity index (χ3n) is 6.25. The van der Waals surface area contributed by atoms with Crippen molar-refractivity contribution in [3.8, 4) is 23.0 Å². The zero-order valence-electron chi connectivity index (χ0n) is 22.8. The third-order valence-corrected chi connectivity index (χ3v) is 6.25. The Morgan fingerprint density at radius 3 is 1.47 bits per heavy atom. The van der Waals surface area contributed by atoms with Crippen molar-refractivity contribution in [1.82, 2.24) is 4.90 Å². The number of benzene rings is 3. The molecule has 3 aromatic carbocycles. The molecule has 8 nitrogen and oxygen atoms in total. The number of methoxy groups -OCH3 is 4. The second-order valence-corrected chi connectivity index (χ2v) is 9.14. The van der Waals surface area contributed by atoms with E-state index in [1.165, 1.54) is 4.90 Å². The lowest BCUT2D eigenvalue weighted by atomic mass is 10.1. The summed E-state index contributed by atoms with van der Waals surface area (Å²) in [6.07, 6.45) is 1.40. The van der Waals surface area contributed by atoms with Crippen LogP contribution in [0.15, 0.2) is 60.7 Å². The first-order valence-corrected chi connectivity index (χ1v) is 12.4. The van der Waals surface area contributed by atoms with Gasteiger partial charge >= 0.3 is 0 Å². The van der Waals surface area contributed by atoms with Crippen LogP contribution in [0.3, 0.4) is 0 Å². The van der Waals surface area contributed by atoms with E-state index in [1.54, 1.807) is 52.7 Å². The molecule has 2 unspecified atom stereocenters. The fraction of sp³-hybridized carbons (Fsp3) is 0.333. The number of carbonyl (C=O) groups excluding carboxylic acids is 2. The van der Waals surface area contributed by atoms with Gasteiger partial charge in [-0.05, 0) is 74.2 Å². The smallest absolute Gasteiger partial charge is 0.261 e. The van der Waals surface area contributed by atoms with E-state index in [0.717, 1.165) is 29.0 Å². The second-order valence-electron chi connectivity index (χ2n) is 9.14. The molecule has 1 heterocycles. The number of amides is 2. The summed E-state index contributed by atoms with van der Waals surface area (Å²) in [7, 11) is 6.42. The van der Waals surface area contributed by atoms with Crippen LogP contribution < -0.4 is 24.7 Å². The molecule has 0 aromatic heterocycles. The monoisotopic (exact) mass is 520 g/mol. The highest BCUT2D eigenvalue weighted by molar-refractivity contribution is 6.21. The maximum Gasteiger partial charge on any atom is 0.261 e. The lowest BCUT2D eigenvalue weighted by Crippen LogP contribution is -2.39. The summed E-state index contributed by atoms with van der Waals surface area (Å²) in [4.78, 5) is 26.4. The molecule has 4 rings (SSSR count). The Bertz CT molecular complexity index is 1240. The number of rotatable bonds is 9. The number of hydrogen-bond acceptors (Lipinski definition) is 7. The third kappa shape index (κ3) is 6.44. The van der Waals surface area contributed by atoms with Gasteiger partial charge < -0.3 is 24.7 Å². The van der Waals surface area contributed by atoms with Crippen LogP contribution in [0.2, 0.25) is 0 Å². The van der Waals surface area contributed by atoms with Gasteiger partial charge in [-0.1, -0.05) is 24.3 Å². The Labute approximate surface area is 224 Å². The van der Waals surface area contributed by atoms with Gasteiger partial charge in [0, 0.05) is 12.1 Å². The van der Waals surface area contributed by atoms with E-state index >= 15 is 0 Å². The first-order chi connectivity index (χ1) is 18.2. The lowest BCUT2D eigenvalue weighted by Gasteiger charge is -2.23. The minimum Gasteiger partial charge on any atom is -0.493 e. The van der Waals surface area contributed by atoms with Crippen LogP contribution in [0.4, 0.5) is 0 Å². The summed E-state index contributed by atoms with van der Waals surface area (Å²) in [6, 6.07) is 18.3. The van der Waals surface area contributed by atoms with Crippen LogP contribution in [-0.4, -0.2) is 57.2 Å². The molecule has 0 fully saturated rings. The molecule has 0 saturated carbocycles. The molecule has 202 valence electrons. The maximum absolute atomic E-state index is 12.5. The Balaban J connectivity index is 0.000000244. The highest BCUT2D eigenvalue weighted by atomic mass is 16.5. The molecular weight excluding hydrogens is 484 g/mol. The Morgan fingerprint density at radius 1 is 0.658 bits per heavy atom. The number of hydrogen-bond donors (Lipinski definition) is 1. The minimum atomic E-state index is -0.254. The molecule has 1 aliphatic heterocycles. The van der Waals surface area contributed by atoms with Crippen molar-refractivity contribution in [3.05, 3.63) is 82.9 Å². The summed E-state index contributed by atoms with van der Waals surface area (Å²) in [5.74, 6) is 2.32. The number of carbonyl (C=O) groups is 2. The predicted octanol–water partition coefficient (Wildman–Crippen LogP) is 4.52. The van der Waals surface area contributed by atoms with E-state index in [1.807, 2.05) is 50.2 Å². The van der Waals surface area contributed by atoms with Crippen LogP contribution in [0.25, 0.3) is 0 Å². The number of ether oxygens (including phenoxy) is 4. The van der Waals surface area contributed by atoms with Crippen LogP contribution in [-0.2, 0) is 12.8 Å². The molecule has 3 aromatic rings. The first kappa shape index (κ1) is 28.5. The molecule has 0 bridgehead atoms. The van der Waals surface area contributed by atoms with Crippen LogP contribution in [0, 0.1) is 0 Å².